The summed E-state index contributed by atoms with van der Waals surface area (Å²) in [6.45, 7) is 7.46. The van der Waals surface area contributed by atoms with Gasteiger partial charge in [-0.25, -0.2) is 0 Å². The van der Waals surface area contributed by atoms with Crippen molar-refractivity contribution in [3.63, 3.8) is 0 Å². The van der Waals surface area contributed by atoms with Crippen molar-refractivity contribution in [2.45, 2.75) is 174 Å². The Kier molecular flexibility index (Phi) is 21.3. The highest BCUT2D eigenvalue weighted by Gasteiger charge is 2.54. The summed E-state index contributed by atoms with van der Waals surface area (Å²) in [5.74, 6) is 0. The third kappa shape index (κ3) is 14.1. The molecular formula is C32H64NO6+. The lowest BCUT2D eigenvalue weighted by molar-refractivity contribution is -0.913. The highest BCUT2D eigenvalue weighted by molar-refractivity contribution is 5.60. The number of aliphatic hydroxyl groups excluding tert-OH is 3. The smallest absolute Gasteiger partial charge is 0.420 e. The summed E-state index contributed by atoms with van der Waals surface area (Å²) in [6, 6.07) is 0. The van der Waals surface area contributed by atoms with E-state index in [4.69, 9.17) is 9.47 Å². The average Bonchev–Trinajstić information content (AvgIpc) is 2.93. The summed E-state index contributed by atoms with van der Waals surface area (Å²) in [4.78, 5) is 13.5. The first-order valence-corrected chi connectivity index (χ1v) is 16.6. The van der Waals surface area contributed by atoms with E-state index in [0.29, 0.717) is 13.1 Å². The molecule has 7 heteroatoms. The van der Waals surface area contributed by atoms with Crippen LogP contribution in [-0.2, 0) is 9.47 Å². The van der Waals surface area contributed by atoms with E-state index in [0.717, 1.165) is 38.5 Å². The normalized spacial score (nSPS) is 21.8. The topological polar surface area (TPSA) is 96.2 Å². The lowest BCUT2D eigenvalue weighted by Gasteiger charge is -2.46. The van der Waals surface area contributed by atoms with Gasteiger partial charge in [0.2, 0.25) is 6.23 Å². The summed E-state index contributed by atoms with van der Waals surface area (Å²) in [5, 5.41) is 31.4. The number of nitrogens with zero attached hydrogens (tertiary/aromatic N) is 1. The van der Waals surface area contributed by atoms with Crippen LogP contribution in [0.2, 0.25) is 0 Å². The Labute approximate surface area is 240 Å². The molecule has 1 aliphatic rings. The predicted molar refractivity (Wildman–Crippen MR) is 158 cm³/mol. The molecule has 232 valence electrons. The van der Waals surface area contributed by atoms with Gasteiger partial charge in [-0.05, 0) is 32.6 Å². The van der Waals surface area contributed by atoms with Gasteiger partial charge in [-0.2, -0.15) is 9.28 Å². The van der Waals surface area contributed by atoms with Crippen LogP contribution in [-0.4, -0.2) is 76.7 Å². The largest absolute Gasteiger partial charge is 0.518 e. The number of carbonyl (C=O) groups excluding carboxylic acids is 1. The Morgan fingerprint density at radius 3 is 1.41 bits per heavy atom. The van der Waals surface area contributed by atoms with Gasteiger partial charge in [0.25, 0.3) is 0 Å². The summed E-state index contributed by atoms with van der Waals surface area (Å²) in [6.07, 6.45) is 18.8. The van der Waals surface area contributed by atoms with E-state index in [1.54, 1.807) is 6.92 Å². The van der Waals surface area contributed by atoms with E-state index in [9.17, 15) is 20.1 Å². The van der Waals surface area contributed by atoms with Crippen LogP contribution >= 0.6 is 0 Å². The van der Waals surface area contributed by atoms with Crippen LogP contribution < -0.4 is 0 Å². The summed E-state index contributed by atoms with van der Waals surface area (Å²) in [5.41, 5.74) is 0. The first-order chi connectivity index (χ1) is 18.9. The maximum absolute atomic E-state index is 13.5. The standard InChI is InChI=1S/C32H64NO6/c1-4-7-9-11-13-15-17-19-21-23-25-33(32(37)38-6-3,31-30(36)29(35)28(34)27-39-31)26-24-22-20-18-16-14-12-10-8-5-2/h28-31,34-36H,4-27H2,1-3H3/q+1/t28-,29-,30-,31?/m1/s1. The molecule has 1 heterocycles. The van der Waals surface area contributed by atoms with Crippen molar-refractivity contribution >= 4 is 6.09 Å². The highest BCUT2D eigenvalue weighted by Crippen LogP contribution is 2.29. The quantitative estimate of drug-likeness (QED) is 0.0853. The van der Waals surface area contributed by atoms with Gasteiger partial charge in [-0.1, -0.05) is 117 Å². The fraction of sp³-hybridized carbons (Fsp3) is 0.969. The van der Waals surface area contributed by atoms with E-state index in [2.05, 4.69) is 13.8 Å². The van der Waals surface area contributed by atoms with Crippen LogP contribution in [0.4, 0.5) is 4.79 Å². The molecule has 1 fully saturated rings. The van der Waals surface area contributed by atoms with Crippen molar-refractivity contribution in [2.24, 2.45) is 0 Å². The zero-order valence-corrected chi connectivity index (χ0v) is 25.8. The monoisotopic (exact) mass is 558 g/mol. The molecule has 1 amide bonds. The fourth-order valence-electron chi connectivity index (χ4n) is 5.89. The minimum atomic E-state index is -1.34. The third-order valence-electron chi connectivity index (χ3n) is 8.41. The number of quaternary nitrogens is 1. The van der Waals surface area contributed by atoms with Crippen LogP contribution in [0.5, 0.6) is 0 Å². The number of amides is 1. The molecule has 0 aromatic rings. The minimum absolute atomic E-state index is 0.0988. The van der Waals surface area contributed by atoms with Gasteiger partial charge in [0.15, 0.2) is 6.10 Å². The van der Waals surface area contributed by atoms with Crippen LogP contribution in [0, 0.1) is 0 Å². The zero-order chi connectivity index (χ0) is 28.8. The van der Waals surface area contributed by atoms with Crippen molar-refractivity contribution in [1.29, 1.82) is 0 Å². The highest BCUT2D eigenvalue weighted by atomic mass is 16.6. The number of carbonyl (C=O) groups is 1. The molecule has 0 spiro atoms. The van der Waals surface area contributed by atoms with Crippen LogP contribution in [0.3, 0.4) is 0 Å². The van der Waals surface area contributed by atoms with E-state index >= 15 is 0 Å². The number of hydrogen-bond acceptors (Lipinski definition) is 6. The molecule has 0 radical (unpaired) electrons. The number of hydrogen-bond donors (Lipinski definition) is 3. The molecule has 0 aliphatic carbocycles. The average molecular weight is 559 g/mol. The molecule has 7 nitrogen and oxygen atoms in total. The van der Waals surface area contributed by atoms with Gasteiger partial charge in [0.1, 0.15) is 12.2 Å². The second-order valence-electron chi connectivity index (χ2n) is 11.8. The Balaban J connectivity index is 2.70. The van der Waals surface area contributed by atoms with Gasteiger partial charge in [0.05, 0.1) is 26.3 Å². The number of rotatable bonds is 24. The number of aliphatic hydroxyl groups is 3. The van der Waals surface area contributed by atoms with Crippen molar-refractivity contribution in [1.82, 2.24) is 0 Å². The molecule has 1 rings (SSSR count). The molecule has 1 aliphatic heterocycles. The first kappa shape index (κ1) is 36.3. The Hall–Kier alpha value is -0.730. The molecule has 0 aromatic heterocycles. The second-order valence-corrected chi connectivity index (χ2v) is 11.8. The molecule has 39 heavy (non-hydrogen) atoms. The Bertz CT molecular complexity index is 565. The van der Waals surface area contributed by atoms with Gasteiger partial charge in [-0.15, -0.1) is 0 Å². The maximum atomic E-state index is 13.5. The van der Waals surface area contributed by atoms with Gasteiger partial charge < -0.3 is 24.8 Å². The van der Waals surface area contributed by atoms with Crippen LogP contribution in [0.1, 0.15) is 149 Å². The number of ether oxygens (including phenoxy) is 2. The molecule has 0 saturated carbocycles. The van der Waals surface area contributed by atoms with Crippen molar-refractivity contribution in [3.8, 4) is 0 Å². The maximum Gasteiger partial charge on any atom is 0.518 e. The summed E-state index contributed by atoms with van der Waals surface area (Å²) < 4.78 is 11.3. The molecule has 4 atom stereocenters. The van der Waals surface area contributed by atoms with Crippen LogP contribution in [0.25, 0.3) is 0 Å². The summed E-state index contributed by atoms with van der Waals surface area (Å²) >= 11 is 0. The molecular weight excluding hydrogens is 494 g/mol. The van der Waals surface area contributed by atoms with Crippen molar-refractivity contribution in [3.05, 3.63) is 0 Å². The lowest BCUT2D eigenvalue weighted by Crippen LogP contribution is -2.70. The molecule has 1 unspecified atom stereocenters. The molecule has 3 N–H and O–H groups in total. The van der Waals surface area contributed by atoms with E-state index in [1.165, 1.54) is 89.9 Å². The second kappa shape index (κ2) is 22.9. The Morgan fingerprint density at radius 1 is 0.641 bits per heavy atom. The SMILES string of the molecule is CCCCCCCCCCCC[N+](CCCCCCCCCCCC)(C(=O)OCC)C1OC[C@@H](O)[C@@H](O)[C@H]1O. The first-order valence-electron chi connectivity index (χ1n) is 16.6. The lowest BCUT2D eigenvalue weighted by atomic mass is 10.00. The van der Waals surface area contributed by atoms with E-state index in [-0.39, 0.29) is 17.7 Å². The molecule has 0 aromatic carbocycles. The third-order valence-corrected chi connectivity index (χ3v) is 8.41. The minimum Gasteiger partial charge on any atom is -0.420 e. The Morgan fingerprint density at radius 2 is 1.03 bits per heavy atom. The van der Waals surface area contributed by atoms with Crippen molar-refractivity contribution in [2.75, 3.05) is 26.3 Å². The fourth-order valence-corrected chi connectivity index (χ4v) is 5.89. The molecule has 1 saturated heterocycles. The zero-order valence-electron chi connectivity index (χ0n) is 25.8. The van der Waals surface area contributed by atoms with Crippen molar-refractivity contribution < 1.29 is 34.1 Å². The predicted octanol–water partition coefficient (Wildman–Crippen LogP) is 7.24. The molecule has 0 bridgehead atoms. The number of unbranched alkanes of at least 4 members (excludes halogenated alkanes) is 18. The van der Waals surface area contributed by atoms with E-state index in [1.807, 2.05) is 0 Å². The van der Waals surface area contributed by atoms with Gasteiger partial charge >= 0.3 is 6.09 Å². The van der Waals surface area contributed by atoms with E-state index < -0.39 is 30.6 Å². The van der Waals surface area contributed by atoms with Gasteiger partial charge in [-0.3, -0.25) is 0 Å². The van der Waals surface area contributed by atoms with Crippen LogP contribution in [0.15, 0.2) is 0 Å². The van der Waals surface area contributed by atoms with Gasteiger partial charge in [0, 0.05) is 0 Å². The summed E-state index contributed by atoms with van der Waals surface area (Å²) in [7, 11) is 0.